The van der Waals surface area contributed by atoms with Crippen molar-refractivity contribution in [3.8, 4) is 11.3 Å². The van der Waals surface area contributed by atoms with E-state index in [1.807, 2.05) is 0 Å². The number of nitrogens with one attached hydrogen (secondary N) is 1. The molecular formula is C16H14FN5O3S. The third kappa shape index (κ3) is 2.82. The lowest BCUT2D eigenvalue weighted by Crippen LogP contribution is -2.53. The smallest absolute Gasteiger partial charge is 0.267 e. The Labute approximate surface area is 148 Å². The van der Waals surface area contributed by atoms with E-state index in [-0.39, 0.29) is 29.7 Å². The molecule has 0 saturated carbocycles. The Bertz CT molecular complexity index is 1100. The number of rotatable bonds is 4. The molecule has 1 N–H and O–H groups in total. The van der Waals surface area contributed by atoms with Gasteiger partial charge in [-0.15, -0.1) is 0 Å². The summed E-state index contributed by atoms with van der Waals surface area (Å²) in [5, 5.41) is 4.29. The zero-order valence-corrected chi connectivity index (χ0v) is 14.2. The van der Waals surface area contributed by atoms with E-state index < -0.39 is 15.8 Å². The molecule has 1 aliphatic rings. The van der Waals surface area contributed by atoms with Crippen molar-refractivity contribution in [2.45, 2.75) is 11.1 Å². The van der Waals surface area contributed by atoms with Gasteiger partial charge in [-0.25, -0.2) is 22.5 Å². The summed E-state index contributed by atoms with van der Waals surface area (Å²) in [6, 6.07) is 8.38. The Balaban J connectivity index is 1.58. The van der Waals surface area contributed by atoms with Crippen LogP contribution in [0.5, 0.6) is 0 Å². The zero-order chi connectivity index (χ0) is 18.3. The van der Waals surface area contributed by atoms with Gasteiger partial charge in [0.25, 0.3) is 15.6 Å². The molecule has 1 aliphatic heterocycles. The molecule has 3 aromatic rings. The van der Waals surface area contributed by atoms with Gasteiger partial charge >= 0.3 is 0 Å². The molecular weight excluding hydrogens is 361 g/mol. The Morgan fingerprint density at radius 1 is 1.19 bits per heavy atom. The number of sulfonamides is 1. The summed E-state index contributed by atoms with van der Waals surface area (Å²) in [4.78, 5) is 18.4. The first-order chi connectivity index (χ1) is 12.4. The number of aromatic amines is 1. The summed E-state index contributed by atoms with van der Waals surface area (Å²) in [7, 11) is -3.66. The monoisotopic (exact) mass is 375 g/mol. The molecule has 26 heavy (non-hydrogen) atoms. The molecule has 0 bridgehead atoms. The van der Waals surface area contributed by atoms with Gasteiger partial charge in [0, 0.05) is 24.7 Å². The van der Waals surface area contributed by atoms with E-state index in [1.54, 1.807) is 12.1 Å². The minimum absolute atomic E-state index is 0.00441. The van der Waals surface area contributed by atoms with Gasteiger partial charge < -0.3 is 4.98 Å². The lowest BCUT2D eigenvalue weighted by atomic mass is 10.1. The fourth-order valence-corrected chi connectivity index (χ4v) is 4.19. The predicted octanol–water partition coefficient (Wildman–Crippen LogP) is 1.02. The lowest BCUT2D eigenvalue weighted by molar-refractivity contribution is 0.185. The highest BCUT2D eigenvalue weighted by molar-refractivity contribution is 7.89. The number of halogens is 1. The lowest BCUT2D eigenvalue weighted by Gasteiger charge is -2.37. The third-order valence-electron chi connectivity index (χ3n) is 4.21. The molecule has 8 nitrogen and oxygen atoms in total. The number of aromatic nitrogens is 4. The van der Waals surface area contributed by atoms with Crippen LogP contribution >= 0.6 is 0 Å². The van der Waals surface area contributed by atoms with Crippen LogP contribution in [0, 0.1) is 5.82 Å². The SMILES string of the molecule is O=c1ccc(-c2cccc(F)c2)nn1C1CN(S(=O)(=O)c2cnc[nH]2)C1. The molecule has 4 rings (SSSR count). The van der Waals surface area contributed by atoms with E-state index in [9.17, 15) is 17.6 Å². The highest BCUT2D eigenvalue weighted by atomic mass is 32.2. The van der Waals surface area contributed by atoms with Crippen LogP contribution in [0.15, 0.2) is 58.7 Å². The minimum atomic E-state index is -3.66. The van der Waals surface area contributed by atoms with Crippen molar-refractivity contribution in [1.82, 2.24) is 24.1 Å². The topological polar surface area (TPSA) is 101 Å². The molecule has 0 aliphatic carbocycles. The van der Waals surface area contributed by atoms with Crippen LogP contribution in [0.2, 0.25) is 0 Å². The number of hydrogen-bond acceptors (Lipinski definition) is 5. The fourth-order valence-electron chi connectivity index (χ4n) is 2.78. The highest BCUT2D eigenvalue weighted by Gasteiger charge is 2.39. The van der Waals surface area contributed by atoms with Gasteiger partial charge in [0.1, 0.15) is 5.82 Å². The number of H-pyrrole nitrogens is 1. The van der Waals surface area contributed by atoms with Crippen molar-refractivity contribution in [3.05, 3.63) is 65.1 Å². The van der Waals surface area contributed by atoms with Crippen LogP contribution in [0.3, 0.4) is 0 Å². The van der Waals surface area contributed by atoms with Crippen LogP contribution < -0.4 is 5.56 Å². The number of imidazole rings is 1. The molecule has 0 atom stereocenters. The maximum absolute atomic E-state index is 13.4. The summed E-state index contributed by atoms with van der Waals surface area (Å²) < 4.78 is 40.6. The van der Waals surface area contributed by atoms with E-state index in [0.29, 0.717) is 11.3 Å². The average molecular weight is 375 g/mol. The van der Waals surface area contributed by atoms with Crippen molar-refractivity contribution >= 4 is 10.0 Å². The van der Waals surface area contributed by atoms with Gasteiger partial charge in [-0.05, 0) is 18.2 Å². The number of benzene rings is 1. The summed E-state index contributed by atoms with van der Waals surface area (Å²) in [5.74, 6) is -0.400. The minimum Gasteiger partial charge on any atom is -0.335 e. The Morgan fingerprint density at radius 3 is 2.69 bits per heavy atom. The van der Waals surface area contributed by atoms with E-state index in [1.165, 1.54) is 45.8 Å². The normalized spacial score (nSPS) is 15.7. The maximum Gasteiger partial charge on any atom is 0.267 e. The second kappa shape index (κ2) is 6.15. The van der Waals surface area contributed by atoms with E-state index in [4.69, 9.17) is 0 Å². The van der Waals surface area contributed by atoms with Crippen LogP contribution in [0.4, 0.5) is 4.39 Å². The molecule has 0 unspecified atom stereocenters. The zero-order valence-electron chi connectivity index (χ0n) is 13.4. The van der Waals surface area contributed by atoms with E-state index in [2.05, 4.69) is 15.1 Å². The first-order valence-corrected chi connectivity index (χ1v) is 9.23. The molecule has 1 aromatic carbocycles. The van der Waals surface area contributed by atoms with Crippen molar-refractivity contribution in [1.29, 1.82) is 0 Å². The van der Waals surface area contributed by atoms with Gasteiger partial charge in [-0.2, -0.15) is 9.40 Å². The van der Waals surface area contributed by atoms with Crippen LogP contribution in [0.25, 0.3) is 11.3 Å². The van der Waals surface area contributed by atoms with Gasteiger partial charge in [0.2, 0.25) is 0 Å². The van der Waals surface area contributed by atoms with Gasteiger partial charge in [-0.3, -0.25) is 4.79 Å². The van der Waals surface area contributed by atoms with Crippen molar-refractivity contribution in [3.63, 3.8) is 0 Å². The Kier molecular flexibility index (Phi) is 3.93. The van der Waals surface area contributed by atoms with Gasteiger partial charge in [0.05, 0.1) is 24.3 Å². The second-order valence-corrected chi connectivity index (χ2v) is 7.81. The molecule has 10 heteroatoms. The molecule has 1 saturated heterocycles. The van der Waals surface area contributed by atoms with E-state index in [0.717, 1.165) is 0 Å². The molecule has 134 valence electrons. The molecule has 3 heterocycles. The van der Waals surface area contributed by atoms with Crippen molar-refractivity contribution in [2.24, 2.45) is 0 Å². The molecule has 2 aromatic heterocycles. The molecule has 0 radical (unpaired) electrons. The summed E-state index contributed by atoms with van der Waals surface area (Å²) in [6.07, 6.45) is 2.52. The third-order valence-corrected chi connectivity index (χ3v) is 5.97. The van der Waals surface area contributed by atoms with E-state index >= 15 is 0 Å². The van der Waals surface area contributed by atoms with Gasteiger partial charge in [0.15, 0.2) is 5.03 Å². The molecule has 0 spiro atoms. The largest absolute Gasteiger partial charge is 0.335 e. The Hall–Kier alpha value is -2.85. The fraction of sp³-hybridized carbons (Fsp3) is 0.188. The quantitative estimate of drug-likeness (QED) is 0.734. The molecule has 0 amide bonds. The van der Waals surface area contributed by atoms with Crippen LogP contribution in [-0.4, -0.2) is 45.6 Å². The standard InChI is InChI=1S/C16H14FN5O3S/c17-12-3-1-2-11(6-12)14-4-5-16(23)22(20-14)13-8-21(9-13)26(24,25)15-7-18-10-19-15/h1-7,10,13H,8-9H2,(H,18,19). The van der Waals surface area contributed by atoms with Crippen molar-refractivity contribution in [2.75, 3.05) is 13.1 Å². The van der Waals surface area contributed by atoms with Crippen LogP contribution in [-0.2, 0) is 10.0 Å². The summed E-state index contributed by atoms with van der Waals surface area (Å²) in [5.41, 5.74) is 0.646. The number of nitrogens with zero attached hydrogens (tertiary/aromatic N) is 4. The average Bonchev–Trinajstić information content (AvgIpc) is 3.10. The first kappa shape index (κ1) is 16.6. The maximum atomic E-state index is 13.4. The first-order valence-electron chi connectivity index (χ1n) is 7.79. The second-order valence-electron chi connectivity index (χ2n) is 5.90. The molecule has 1 fully saturated rings. The summed E-state index contributed by atoms with van der Waals surface area (Å²) >= 11 is 0. The predicted molar refractivity (Wildman–Crippen MR) is 90.3 cm³/mol. The Morgan fingerprint density at radius 2 is 2.00 bits per heavy atom. The number of hydrogen-bond donors (Lipinski definition) is 1. The summed E-state index contributed by atoms with van der Waals surface area (Å²) in [6.45, 7) is 0.252. The van der Waals surface area contributed by atoms with Crippen molar-refractivity contribution < 1.29 is 12.8 Å². The highest BCUT2D eigenvalue weighted by Crippen LogP contribution is 2.26. The van der Waals surface area contributed by atoms with Gasteiger partial charge in [-0.1, -0.05) is 12.1 Å². The van der Waals surface area contributed by atoms with Crippen LogP contribution in [0.1, 0.15) is 6.04 Å².